The summed E-state index contributed by atoms with van der Waals surface area (Å²) in [6.07, 6.45) is 2.74. The summed E-state index contributed by atoms with van der Waals surface area (Å²) in [5.41, 5.74) is 0.908. The van der Waals surface area contributed by atoms with Gasteiger partial charge in [-0.3, -0.25) is 4.79 Å². The summed E-state index contributed by atoms with van der Waals surface area (Å²) in [5, 5.41) is 11.2. The number of anilines is 1. The third-order valence-electron chi connectivity index (χ3n) is 2.24. The van der Waals surface area contributed by atoms with Crippen LogP contribution >= 0.6 is 0 Å². The number of hydrogen-bond acceptors (Lipinski definition) is 4. The smallest absolute Gasteiger partial charge is 0.341 e. The minimum absolute atomic E-state index is 0.316. The molecule has 1 heterocycles. The lowest BCUT2D eigenvalue weighted by Crippen LogP contribution is -2.12. The normalized spacial score (nSPS) is 9.89. The van der Waals surface area contributed by atoms with Crippen LogP contribution in [0.15, 0.2) is 47.3 Å². The number of nitrogens with one attached hydrogen (secondary N) is 1. The van der Waals surface area contributed by atoms with Crippen molar-refractivity contribution in [1.82, 2.24) is 0 Å². The molecule has 98 valence electrons. The molecule has 1 aromatic carbocycles. The number of furan rings is 1. The first-order chi connectivity index (χ1) is 9.15. The summed E-state index contributed by atoms with van der Waals surface area (Å²) in [5.74, 6) is -1.01. The summed E-state index contributed by atoms with van der Waals surface area (Å²) >= 11 is 0. The van der Waals surface area contributed by atoms with Crippen LogP contribution in [0.3, 0.4) is 0 Å². The number of rotatable bonds is 5. The number of amides is 1. The van der Waals surface area contributed by atoms with Gasteiger partial charge < -0.3 is 19.6 Å². The first-order valence-corrected chi connectivity index (χ1v) is 5.43. The number of hydrogen-bond donors (Lipinski definition) is 2. The molecule has 2 rings (SSSR count). The Hall–Kier alpha value is -2.76. The minimum atomic E-state index is -1.06. The number of carboxylic acids is 1. The standard InChI is InChI=1S/C13H11NO5/c15-12(16)8-19-11-3-1-2-10(6-11)14-13(17)9-4-5-18-7-9/h1-7H,8H2,(H,14,17)(H,15,16). The number of ether oxygens (including phenoxy) is 1. The molecule has 0 aliphatic carbocycles. The third-order valence-corrected chi connectivity index (χ3v) is 2.24. The lowest BCUT2D eigenvalue weighted by atomic mass is 10.2. The van der Waals surface area contributed by atoms with Gasteiger partial charge in [0.2, 0.25) is 0 Å². The topological polar surface area (TPSA) is 88.8 Å². The van der Waals surface area contributed by atoms with Gasteiger partial charge in [-0.15, -0.1) is 0 Å². The van der Waals surface area contributed by atoms with Gasteiger partial charge in [0.05, 0.1) is 11.8 Å². The zero-order valence-electron chi connectivity index (χ0n) is 9.83. The molecular weight excluding hydrogens is 250 g/mol. The maximum atomic E-state index is 11.7. The minimum Gasteiger partial charge on any atom is -0.482 e. The van der Waals surface area contributed by atoms with Crippen LogP contribution in [0.2, 0.25) is 0 Å². The van der Waals surface area contributed by atoms with E-state index in [1.807, 2.05) is 0 Å². The maximum absolute atomic E-state index is 11.7. The van der Waals surface area contributed by atoms with Crippen molar-refractivity contribution < 1.29 is 23.8 Å². The highest BCUT2D eigenvalue weighted by Gasteiger charge is 2.08. The van der Waals surface area contributed by atoms with Crippen LogP contribution in [0.4, 0.5) is 5.69 Å². The van der Waals surface area contributed by atoms with E-state index in [9.17, 15) is 9.59 Å². The van der Waals surface area contributed by atoms with Crippen LogP contribution in [0.1, 0.15) is 10.4 Å². The van der Waals surface area contributed by atoms with Gasteiger partial charge in [-0.2, -0.15) is 0 Å². The largest absolute Gasteiger partial charge is 0.482 e. The second-order valence-corrected chi connectivity index (χ2v) is 3.68. The summed E-state index contributed by atoms with van der Waals surface area (Å²) < 4.78 is 9.82. The van der Waals surface area contributed by atoms with E-state index in [2.05, 4.69) is 5.32 Å². The van der Waals surface area contributed by atoms with Crippen LogP contribution in [-0.2, 0) is 4.79 Å². The Kier molecular flexibility index (Phi) is 3.82. The van der Waals surface area contributed by atoms with E-state index in [1.54, 1.807) is 30.3 Å². The quantitative estimate of drug-likeness (QED) is 0.859. The van der Waals surface area contributed by atoms with E-state index in [4.69, 9.17) is 14.3 Å². The molecule has 0 spiro atoms. The van der Waals surface area contributed by atoms with Gasteiger partial charge in [0.25, 0.3) is 5.91 Å². The number of carbonyl (C=O) groups is 2. The van der Waals surface area contributed by atoms with E-state index in [0.717, 1.165) is 0 Å². The molecule has 2 N–H and O–H groups in total. The number of benzene rings is 1. The van der Waals surface area contributed by atoms with Gasteiger partial charge in [-0.1, -0.05) is 6.07 Å². The molecule has 6 heteroatoms. The van der Waals surface area contributed by atoms with Crippen molar-refractivity contribution in [3.05, 3.63) is 48.4 Å². The molecule has 0 aliphatic heterocycles. The molecular formula is C13H11NO5. The predicted molar refractivity (Wildman–Crippen MR) is 66.2 cm³/mol. The predicted octanol–water partition coefficient (Wildman–Crippen LogP) is 2.00. The Morgan fingerprint density at radius 2 is 2.16 bits per heavy atom. The fraction of sp³-hybridized carbons (Fsp3) is 0.0769. The van der Waals surface area contributed by atoms with Crippen molar-refractivity contribution >= 4 is 17.6 Å². The van der Waals surface area contributed by atoms with Crippen molar-refractivity contribution in [2.75, 3.05) is 11.9 Å². The Balaban J connectivity index is 2.02. The van der Waals surface area contributed by atoms with E-state index in [0.29, 0.717) is 17.0 Å². The highest BCUT2D eigenvalue weighted by molar-refractivity contribution is 6.04. The second kappa shape index (κ2) is 5.72. The highest BCUT2D eigenvalue weighted by atomic mass is 16.5. The van der Waals surface area contributed by atoms with Crippen LogP contribution in [0.5, 0.6) is 5.75 Å². The molecule has 2 aromatic rings. The number of carboxylic acid groups (broad SMARTS) is 1. The fourth-order valence-corrected chi connectivity index (χ4v) is 1.41. The van der Waals surface area contributed by atoms with E-state index >= 15 is 0 Å². The van der Waals surface area contributed by atoms with Crippen LogP contribution in [0.25, 0.3) is 0 Å². The van der Waals surface area contributed by atoms with Crippen molar-refractivity contribution in [1.29, 1.82) is 0 Å². The summed E-state index contributed by atoms with van der Waals surface area (Å²) in [7, 11) is 0. The van der Waals surface area contributed by atoms with Gasteiger partial charge in [0.1, 0.15) is 12.0 Å². The first-order valence-electron chi connectivity index (χ1n) is 5.43. The molecule has 6 nitrogen and oxygen atoms in total. The molecule has 0 aliphatic rings. The van der Waals surface area contributed by atoms with Gasteiger partial charge in [-0.05, 0) is 18.2 Å². The lowest BCUT2D eigenvalue weighted by Gasteiger charge is -2.07. The zero-order chi connectivity index (χ0) is 13.7. The second-order valence-electron chi connectivity index (χ2n) is 3.68. The molecule has 0 radical (unpaired) electrons. The van der Waals surface area contributed by atoms with E-state index in [1.165, 1.54) is 12.5 Å². The molecule has 0 saturated carbocycles. The molecule has 1 amide bonds. The molecule has 0 fully saturated rings. The van der Waals surface area contributed by atoms with Crippen molar-refractivity contribution in [2.45, 2.75) is 0 Å². The third kappa shape index (κ3) is 3.60. The van der Waals surface area contributed by atoms with Crippen molar-refractivity contribution in [2.24, 2.45) is 0 Å². The highest BCUT2D eigenvalue weighted by Crippen LogP contribution is 2.18. The number of aliphatic carboxylic acids is 1. The fourth-order valence-electron chi connectivity index (χ4n) is 1.41. The molecule has 0 atom stereocenters. The molecule has 0 bridgehead atoms. The number of carbonyl (C=O) groups excluding carboxylic acids is 1. The van der Waals surface area contributed by atoms with Crippen LogP contribution in [-0.4, -0.2) is 23.6 Å². The van der Waals surface area contributed by atoms with Crippen molar-refractivity contribution in [3.63, 3.8) is 0 Å². The molecule has 0 unspecified atom stereocenters. The average Bonchev–Trinajstić information content (AvgIpc) is 2.91. The van der Waals surface area contributed by atoms with Crippen LogP contribution < -0.4 is 10.1 Å². The Morgan fingerprint density at radius 3 is 2.84 bits per heavy atom. The average molecular weight is 261 g/mol. The van der Waals surface area contributed by atoms with Gasteiger partial charge in [0, 0.05) is 11.8 Å². The first kappa shape index (κ1) is 12.7. The van der Waals surface area contributed by atoms with Gasteiger partial charge in [0.15, 0.2) is 6.61 Å². The van der Waals surface area contributed by atoms with E-state index < -0.39 is 12.6 Å². The monoisotopic (exact) mass is 261 g/mol. The van der Waals surface area contributed by atoms with Crippen molar-refractivity contribution in [3.8, 4) is 5.75 Å². The zero-order valence-corrected chi connectivity index (χ0v) is 9.83. The SMILES string of the molecule is O=C(O)COc1cccc(NC(=O)c2ccoc2)c1. The Labute approximate surface area is 108 Å². The summed E-state index contributed by atoms with van der Waals surface area (Å²) in [4.78, 5) is 22.1. The summed E-state index contributed by atoms with van der Waals surface area (Å²) in [6.45, 7) is -0.431. The van der Waals surface area contributed by atoms with Gasteiger partial charge in [-0.25, -0.2) is 4.79 Å². The Bertz CT molecular complexity index is 576. The van der Waals surface area contributed by atoms with Gasteiger partial charge >= 0.3 is 5.97 Å². The molecule has 19 heavy (non-hydrogen) atoms. The lowest BCUT2D eigenvalue weighted by molar-refractivity contribution is -0.139. The summed E-state index contributed by atoms with van der Waals surface area (Å²) in [6, 6.07) is 8.02. The van der Waals surface area contributed by atoms with Crippen LogP contribution in [0, 0.1) is 0 Å². The Morgan fingerprint density at radius 1 is 1.32 bits per heavy atom. The molecule has 0 saturated heterocycles. The van der Waals surface area contributed by atoms with E-state index in [-0.39, 0.29) is 5.91 Å². The maximum Gasteiger partial charge on any atom is 0.341 e. The molecule has 1 aromatic heterocycles.